The van der Waals surface area contributed by atoms with Crippen molar-refractivity contribution in [1.82, 2.24) is 5.32 Å². The molecule has 2 rings (SSSR count). The Morgan fingerprint density at radius 1 is 1.35 bits per heavy atom. The number of aryl methyl sites for hydroxylation is 1. The zero-order valence-corrected chi connectivity index (χ0v) is 12.1. The van der Waals surface area contributed by atoms with Crippen LogP contribution in [0.15, 0.2) is 30.3 Å². The number of nitriles is 1. The zero-order valence-electron chi connectivity index (χ0n) is 12.1. The van der Waals surface area contributed by atoms with Crippen LogP contribution < -0.4 is 5.32 Å². The summed E-state index contributed by atoms with van der Waals surface area (Å²) in [6.45, 7) is 2.01. The average Bonchev–Trinajstić information content (AvgIpc) is 2.96. The number of nitrogens with one attached hydrogen (secondary N) is 1. The smallest absolute Gasteiger partial charge is 0.240 e. The topological polar surface area (TPSA) is 52.9 Å². The second kappa shape index (κ2) is 6.56. The van der Waals surface area contributed by atoms with Gasteiger partial charge in [-0.25, -0.2) is 0 Å². The third-order valence-electron chi connectivity index (χ3n) is 4.19. The predicted octanol–water partition coefficient (Wildman–Crippen LogP) is 3.21. The highest BCUT2D eigenvalue weighted by molar-refractivity contribution is 5.85. The van der Waals surface area contributed by atoms with Gasteiger partial charge >= 0.3 is 0 Å². The highest BCUT2D eigenvalue weighted by atomic mass is 16.2. The van der Waals surface area contributed by atoms with Crippen molar-refractivity contribution >= 4 is 5.91 Å². The van der Waals surface area contributed by atoms with Gasteiger partial charge in [-0.15, -0.1) is 0 Å². The Morgan fingerprint density at radius 2 is 2.00 bits per heavy atom. The molecule has 1 aliphatic carbocycles. The molecular weight excluding hydrogens is 248 g/mol. The van der Waals surface area contributed by atoms with Gasteiger partial charge in [0.1, 0.15) is 5.41 Å². The van der Waals surface area contributed by atoms with Crippen molar-refractivity contribution < 1.29 is 4.79 Å². The lowest BCUT2D eigenvalue weighted by atomic mass is 9.86. The molecule has 3 heteroatoms. The van der Waals surface area contributed by atoms with E-state index in [1.54, 1.807) is 0 Å². The van der Waals surface area contributed by atoms with Crippen molar-refractivity contribution in [2.45, 2.75) is 51.5 Å². The van der Waals surface area contributed by atoms with Gasteiger partial charge in [-0.1, -0.05) is 43.2 Å². The van der Waals surface area contributed by atoms with Gasteiger partial charge in [0.05, 0.1) is 6.07 Å². The van der Waals surface area contributed by atoms with Gasteiger partial charge in [0, 0.05) is 6.04 Å². The maximum atomic E-state index is 12.3. The van der Waals surface area contributed by atoms with E-state index < -0.39 is 5.41 Å². The quantitative estimate of drug-likeness (QED) is 0.893. The van der Waals surface area contributed by atoms with Gasteiger partial charge in [0.15, 0.2) is 0 Å². The first kappa shape index (κ1) is 14.6. The fourth-order valence-corrected chi connectivity index (χ4v) is 2.83. The van der Waals surface area contributed by atoms with Gasteiger partial charge < -0.3 is 5.32 Å². The van der Waals surface area contributed by atoms with Crippen LogP contribution in [0.5, 0.6) is 0 Å². The van der Waals surface area contributed by atoms with E-state index in [1.165, 1.54) is 5.56 Å². The third kappa shape index (κ3) is 3.39. The summed E-state index contributed by atoms with van der Waals surface area (Å²) in [5, 5.41) is 12.3. The summed E-state index contributed by atoms with van der Waals surface area (Å²) in [6, 6.07) is 12.6. The Hall–Kier alpha value is -1.82. The van der Waals surface area contributed by atoms with Crippen LogP contribution in [0.25, 0.3) is 0 Å². The first-order chi connectivity index (χ1) is 9.66. The highest BCUT2D eigenvalue weighted by Gasteiger charge is 2.41. The first-order valence-corrected chi connectivity index (χ1v) is 7.42. The Morgan fingerprint density at radius 3 is 2.60 bits per heavy atom. The van der Waals surface area contributed by atoms with Gasteiger partial charge in [0.2, 0.25) is 5.91 Å². The molecule has 1 saturated carbocycles. The second-order valence-corrected chi connectivity index (χ2v) is 5.80. The van der Waals surface area contributed by atoms with E-state index in [9.17, 15) is 10.1 Å². The van der Waals surface area contributed by atoms with Crippen molar-refractivity contribution in [3.8, 4) is 6.07 Å². The molecule has 1 fully saturated rings. The van der Waals surface area contributed by atoms with Crippen LogP contribution in [0.3, 0.4) is 0 Å². The van der Waals surface area contributed by atoms with Crippen LogP contribution >= 0.6 is 0 Å². The summed E-state index contributed by atoms with van der Waals surface area (Å²) in [7, 11) is 0. The number of nitrogens with zero attached hydrogens (tertiary/aromatic N) is 1. The molecule has 0 aliphatic heterocycles. The Balaban J connectivity index is 1.84. The summed E-state index contributed by atoms with van der Waals surface area (Å²) in [4.78, 5) is 12.3. The molecule has 0 radical (unpaired) electrons. The molecule has 1 atom stereocenters. The van der Waals surface area contributed by atoms with Crippen molar-refractivity contribution in [3.05, 3.63) is 35.9 Å². The monoisotopic (exact) mass is 270 g/mol. The molecular formula is C17H22N2O. The SMILES string of the molecule is C[C@@H](CCc1ccccc1)NC(=O)C1(C#N)CCCC1. The standard InChI is InChI=1S/C17H22N2O/c1-14(9-10-15-7-3-2-4-8-15)19-16(20)17(13-18)11-5-6-12-17/h2-4,7-8,14H,5-6,9-12H2,1H3,(H,19,20)/t14-/m0/s1. The molecule has 106 valence electrons. The van der Waals surface area contributed by atoms with E-state index in [4.69, 9.17) is 0 Å². The van der Waals surface area contributed by atoms with Crippen molar-refractivity contribution in [2.75, 3.05) is 0 Å². The van der Waals surface area contributed by atoms with Gasteiger partial charge in [0.25, 0.3) is 0 Å². The van der Waals surface area contributed by atoms with E-state index in [0.717, 1.165) is 25.7 Å². The predicted molar refractivity (Wildman–Crippen MR) is 78.9 cm³/mol. The van der Waals surface area contributed by atoms with Crippen molar-refractivity contribution in [1.29, 1.82) is 5.26 Å². The van der Waals surface area contributed by atoms with Gasteiger partial charge in [-0.05, 0) is 38.2 Å². The van der Waals surface area contributed by atoms with Crippen LogP contribution in [0, 0.1) is 16.7 Å². The van der Waals surface area contributed by atoms with E-state index in [0.29, 0.717) is 12.8 Å². The molecule has 0 heterocycles. The molecule has 1 aromatic rings. The Kier molecular flexibility index (Phi) is 4.79. The minimum atomic E-state index is -0.763. The van der Waals surface area contributed by atoms with E-state index >= 15 is 0 Å². The number of carbonyl (C=O) groups excluding carboxylic acids is 1. The lowest BCUT2D eigenvalue weighted by molar-refractivity contribution is -0.128. The average molecular weight is 270 g/mol. The third-order valence-corrected chi connectivity index (χ3v) is 4.19. The van der Waals surface area contributed by atoms with Crippen molar-refractivity contribution in [2.24, 2.45) is 5.41 Å². The summed E-state index contributed by atoms with van der Waals surface area (Å²) >= 11 is 0. The molecule has 0 unspecified atom stereocenters. The molecule has 0 saturated heterocycles. The highest BCUT2D eigenvalue weighted by Crippen LogP contribution is 2.37. The van der Waals surface area contributed by atoms with E-state index in [1.807, 2.05) is 25.1 Å². The molecule has 1 aromatic carbocycles. The maximum absolute atomic E-state index is 12.3. The lowest BCUT2D eigenvalue weighted by Gasteiger charge is -2.22. The normalized spacial score (nSPS) is 18.2. The largest absolute Gasteiger partial charge is 0.352 e. The summed E-state index contributed by atoms with van der Waals surface area (Å²) in [5.74, 6) is -0.0712. The Labute approximate surface area is 121 Å². The Bertz CT molecular complexity index is 483. The van der Waals surface area contributed by atoms with Crippen LogP contribution in [0.4, 0.5) is 0 Å². The minimum absolute atomic E-state index is 0.0712. The van der Waals surface area contributed by atoms with Gasteiger partial charge in [-0.3, -0.25) is 4.79 Å². The number of rotatable bonds is 5. The number of hydrogen-bond donors (Lipinski definition) is 1. The van der Waals surface area contributed by atoms with Crippen LogP contribution in [0.2, 0.25) is 0 Å². The molecule has 3 nitrogen and oxygen atoms in total. The first-order valence-electron chi connectivity index (χ1n) is 7.42. The zero-order chi connectivity index (χ0) is 14.4. The number of carbonyl (C=O) groups is 1. The molecule has 1 aliphatic rings. The maximum Gasteiger partial charge on any atom is 0.240 e. The summed E-state index contributed by atoms with van der Waals surface area (Å²) < 4.78 is 0. The number of hydrogen-bond acceptors (Lipinski definition) is 2. The molecule has 0 aromatic heterocycles. The summed E-state index contributed by atoms with van der Waals surface area (Å²) in [5.41, 5.74) is 0.519. The van der Waals surface area contributed by atoms with E-state index in [-0.39, 0.29) is 11.9 Å². The molecule has 1 amide bonds. The summed E-state index contributed by atoms with van der Waals surface area (Å²) in [6.07, 6.45) is 5.24. The minimum Gasteiger partial charge on any atom is -0.352 e. The number of benzene rings is 1. The van der Waals surface area contributed by atoms with Crippen molar-refractivity contribution in [3.63, 3.8) is 0 Å². The fourth-order valence-electron chi connectivity index (χ4n) is 2.83. The van der Waals surface area contributed by atoms with Crippen LogP contribution in [0.1, 0.15) is 44.6 Å². The van der Waals surface area contributed by atoms with Crippen LogP contribution in [-0.4, -0.2) is 11.9 Å². The fraction of sp³-hybridized carbons (Fsp3) is 0.529. The number of amides is 1. The van der Waals surface area contributed by atoms with Crippen LogP contribution in [-0.2, 0) is 11.2 Å². The molecule has 20 heavy (non-hydrogen) atoms. The second-order valence-electron chi connectivity index (χ2n) is 5.80. The molecule has 0 spiro atoms. The molecule has 0 bridgehead atoms. The van der Waals surface area contributed by atoms with Gasteiger partial charge in [-0.2, -0.15) is 5.26 Å². The molecule has 1 N–H and O–H groups in total. The van der Waals surface area contributed by atoms with E-state index in [2.05, 4.69) is 23.5 Å². The lowest BCUT2D eigenvalue weighted by Crippen LogP contribution is -2.42.